The number of aryl methyl sites for hydroxylation is 1. The summed E-state index contributed by atoms with van der Waals surface area (Å²) < 4.78 is 0. The molecule has 0 bridgehead atoms. The summed E-state index contributed by atoms with van der Waals surface area (Å²) in [7, 11) is 0. The third-order valence-corrected chi connectivity index (χ3v) is 2.38. The Morgan fingerprint density at radius 3 is 2.29 bits per heavy atom. The number of nitrogens with zero attached hydrogens (tertiary/aromatic N) is 2. The first-order valence-electron chi connectivity index (χ1n) is 4.82. The van der Waals surface area contributed by atoms with E-state index >= 15 is 0 Å². The van der Waals surface area contributed by atoms with Gasteiger partial charge >= 0.3 is 0 Å². The molecule has 1 aromatic rings. The van der Waals surface area contributed by atoms with Crippen LogP contribution in [0.4, 0.5) is 11.4 Å². The van der Waals surface area contributed by atoms with E-state index in [-0.39, 0.29) is 11.4 Å². The second-order valence-corrected chi connectivity index (χ2v) is 3.59. The zero-order valence-electron chi connectivity index (χ0n) is 8.91. The van der Waals surface area contributed by atoms with Gasteiger partial charge in [0.25, 0.3) is 17.5 Å². The van der Waals surface area contributed by atoms with Crippen LogP contribution >= 0.6 is 0 Å². The number of carbonyl (C=O) groups is 2. The van der Waals surface area contributed by atoms with Crippen molar-refractivity contribution in [2.45, 2.75) is 6.92 Å². The fourth-order valence-electron chi connectivity index (χ4n) is 1.60. The lowest BCUT2D eigenvalue weighted by Gasteiger charge is -2.14. The van der Waals surface area contributed by atoms with Gasteiger partial charge in [-0.15, -0.1) is 0 Å². The van der Waals surface area contributed by atoms with Crippen LogP contribution in [0.15, 0.2) is 30.4 Å². The number of anilines is 1. The topological polar surface area (TPSA) is 80.5 Å². The average Bonchev–Trinajstić information content (AvgIpc) is 2.58. The number of hydrogen-bond donors (Lipinski definition) is 0. The average molecular weight is 232 g/mol. The molecule has 2 amide bonds. The molecule has 0 unspecified atom stereocenters. The smallest absolute Gasteiger partial charge is 0.269 e. The van der Waals surface area contributed by atoms with Crippen LogP contribution in [0, 0.1) is 17.0 Å². The van der Waals surface area contributed by atoms with Crippen molar-refractivity contribution < 1.29 is 14.5 Å². The molecule has 0 atom stereocenters. The van der Waals surface area contributed by atoms with Crippen molar-refractivity contribution >= 4 is 23.2 Å². The zero-order valence-corrected chi connectivity index (χ0v) is 8.91. The highest BCUT2D eigenvalue weighted by Crippen LogP contribution is 2.31. The molecule has 1 aliphatic heterocycles. The van der Waals surface area contributed by atoms with Crippen LogP contribution in [0.3, 0.4) is 0 Å². The number of nitro benzene ring substituents is 1. The molecule has 1 heterocycles. The van der Waals surface area contributed by atoms with E-state index < -0.39 is 16.7 Å². The highest BCUT2D eigenvalue weighted by Gasteiger charge is 2.30. The summed E-state index contributed by atoms with van der Waals surface area (Å²) in [5.41, 5.74) is 0.481. The van der Waals surface area contributed by atoms with Crippen molar-refractivity contribution in [1.82, 2.24) is 0 Å². The molecular formula is C11H8N2O4. The highest BCUT2D eigenvalue weighted by molar-refractivity contribution is 6.28. The molecule has 6 nitrogen and oxygen atoms in total. The third-order valence-electron chi connectivity index (χ3n) is 2.38. The minimum absolute atomic E-state index is 0.00926. The van der Waals surface area contributed by atoms with E-state index in [2.05, 4.69) is 0 Å². The van der Waals surface area contributed by atoms with Gasteiger partial charge in [-0.05, 0) is 18.6 Å². The molecule has 1 aliphatic rings. The molecule has 0 spiro atoms. The molecule has 0 saturated carbocycles. The molecule has 0 radical (unpaired) electrons. The summed E-state index contributed by atoms with van der Waals surface area (Å²) in [6.07, 6.45) is 2.18. The summed E-state index contributed by atoms with van der Waals surface area (Å²) >= 11 is 0. The number of nitro groups is 1. The molecule has 17 heavy (non-hydrogen) atoms. The van der Waals surface area contributed by atoms with E-state index in [4.69, 9.17) is 0 Å². The predicted molar refractivity (Wildman–Crippen MR) is 59.5 cm³/mol. The second-order valence-electron chi connectivity index (χ2n) is 3.59. The van der Waals surface area contributed by atoms with Crippen LogP contribution in [0.1, 0.15) is 5.56 Å². The lowest BCUT2D eigenvalue weighted by Crippen LogP contribution is -2.30. The van der Waals surface area contributed by atoms with Crippen molar-refractivity contribution in [1.29, 1.82) is 0 Å². The van der Waals surface area contributed by atoms with Crippen LogP contribution < -0.4 is 4.90 Å². The molecule has 1 aromatic carbocycles. The maximum absolute atomic E-state index is 11.5. The summed E-state index contributed by atoms with van der Waals surface area (Å²) in [5.74, 6) is -1.13. The monoisotopic (exact) mass is 232 g/mol. The lowest BCUT2D eigenvalue weighted by atomic mass is 10.2. The number of carbonyl (C=O) groups excluding carboxylic acids is 2. The van der Waals surface area contributed by atoms with Gasteiger partial charge < -0.3 is 0 Å². The van der Waals surface area contributed by atoms with E-state index in [1.54, 1.807) is 13.0 Å². The Balaban J connectivity index is 2.58. The first-order chi connectivity index (χ1) is 8.00. The van der Waals surface area contributed by atoms with Gasteiger partial charge in [-0.2, -0.15) is 0 Å². The van der Waals surface area contributed by atoms with E-state index in [0.717, 1.165) is 22.6 Å². The van der Waals surface area contributed by atoms with Gasteiger partial charge in [-0.3, -0.25) is 19.7 Å². The van der Waals surface area contributed by atoms with Gasteiger partial charge in [-0.1, -0.05) is 6.07 Å². The Hall–Kier alpha value is -2.50. The van der Waals surface area contributed by atoms with Crippen molar-refractivity contribution in [2.75, 3.05) is 4.90 Å². The Bertz CT molecular complexity index is 545. The third kappa shape index (κ3) is 1.80. The number of hydrogen-bond acceptors (Lipinski definition) is 4. The lowest BCUT2D eigenvalue weighted by molar-refractivity contribution is -0.384. The Morgan fingerprint density at radius 1 is 1.18 bits per heavy atom. The number of rotatable bonds is 2. The van der Waals surface area contributed by atoms with Gasteiger partial charge in [0.05, 0.1) is 4.92 Å². The molecule has 2 rings (SSSR count). The summed E-state index contributed by atoms with van der Waals surface area (Å²) in [6.45, 7) is 1.73. The molecule has 0 aliphatic carbocycles. The Kier molecular flexibility index (Phi) is 2.47. The first kappa shape index (κ1) is 11.0. The van der Waals surface area contributed by atoms with Gasteiger partial charge in [0.2, 0.25) is 0 Å². The maximum Gasteiger partial charge on any atom is 0.293 e. The molecule has 86 valence electrons. The second kappa shape index (κ2) is 3.82. The highest BCUT2D eigenvalue weighted by atomic mass is 16.6. The number of benzene rings is 1. The van der Waals surface area contributed by atoms with Crippen LogP contribution in [-0.2, 0) is 9.59 Å². The van der Waals surface area contributed by atoms with Crippen LogP contribution in [-0.4, -0.2) is 16.7 Å². The van der Waals surface area contributed by atoms with E-state index in [9.17, 15) is 19.7 Å². The van der Waals surface area contributed by atoms with Gasteiger partial charge in [-0.25, -0.2) is 4.90 Å². The van der Waals surface area contributed by atoms with Gasteiger partial charge in [0.1, 0.15) is 5.69 Å². The van der Waals surface area contributed by atoms with Crippen molar-refractivity contribution in [3.63, 3.8) is 0 Å². The molecule has 0 saturated heterocycles. The normalized spacial score (nSPS) is 14.5. The van der Waals surface area contributed by atoms with Crippen LogP contribution in [0.25, 0.3) is 0 Å². The van der Waals surface area contributed by atoms with E-state index in [1.807, 2.05) is 0 Å². The standard InChI is InChI=1S/C11H8N2O4/c1-7-2-3-8(13(16)17)9(6-7)12-10(14)4-5-11(12)15/h2-6H,1H3. The summed E-state index contributed by atoms with van der Waals surface area (Å²) in [6, 6.07) is 4.28. The van der Waals surface area contributed by atoms with E-state index in [0.29, 0.717) is 0 Å². The zero-order chi connectivity index (χ0) is 12.6. The Labute approximate surface area is 96.3 Å². The van der Waals surface area contributed by atoms with Crippen LogP contribution in [0.2, 0.25) is 0 Å². The van der Waals surface area contributed by atoms with Crippen LogP contribution in [0.5, 0.6) is 0 Å². The van der Waals surface area contributed by atoms with Crippen molar-refractivity contribution in [2.24, 2.45) is 0 Å². The molecule has 0 aromatic heterocycles. The molecule has 0 fully saturated rings. The van der Waals surface area contributed by atoms with Crippen molar-refractivity contribution in [3.8, 4) is 0 Å². The molecule has 0 N–H and O–H groups in total. The number of imide groups is 1. The fourth-order valence-corrected chi connectivity index (χ4v) is 1.60. The minimum Gasteiger partial charge on any atom is -0.269 e. The maximum atomic E-state index is 11.5. The van der Waals surface area contributed by atoms with Gasteiger partial charge in [0.15, 0.2) is 0 Å². The largest absolute Gasteiger partial charge is 0.293 e. The summed E-state index contributed by atoms with van der Waals surface area (Å²) in [4.78, 5) is 34.0. The quantitative estimate of drug-likeness (QED) is 0.437. The fraction of sp³-hybridized carbons (Fsp3) is 0.0909. The number of amides is 2. The van der Waals surface area contributed by atoms with Gasteiger partial charge in [0, 0.05) is 18.2 Å². The van der Waals surface area contributed by atoms with E-state index in [1.165, 1.54) is 12.1 Å². The summed E-state index contributed by atoms with van der Waals surface area (Å²) in [5, 5.41) is 10.8. The molecular weight excluding hydrogens is 224 g/mol. The Morgan fingerprint density at radius 2 is 1.76 bits per heavy atom. The van der Waals surface area contributed by atoms with Crippen molar-refractivity contribution in [3.05, 3.63) is 46.0 Å². The molecule has 6 heteroatoms. The minimum atomic E-state index is -0.617. The predicted octanol–water partition coefficient (Wildman–Crippen LogP) is 1.33. The SMILES string of the molecule is Cc1ccc([N+](=O)[O-])c(N2C(=O)C=CC2=O)c1. The first-order valence-corrected chi connectivity index (χ1v) is 4.82.